The molecule has 0 saturated carbocycles. The van der Waals surface area contributed by atoms with E-state index in [2.05, 4.69) is 43.6 Å². The average molecular weight is 303 g/mol. The molecular formula is C18H29N3O. The number of rotatable bonds is 4. The second kappa shape index (κ2) is 6.39. The standard InChI is InChI=1S/C18H29N3O/c1-17(2)10-15(11-18(3,4)21-17)20-12-13-6-8-14(9-7-13)16(22)19-5/h6-9,15,20-21H,10-12H2,1-5H3,(H,19,22). The minimum Gasteiger partial charge on any atom is -0.355 e. The summed E-state index contributed by atoms with van der Waals surface area (Å²) < 4.78 is 0. The third-order valence-corrected chi connectivity index (χ3v) is 4.23. The van der Waals surface area contributed by atoms with E-state index in [9.17, 15) is 4.79 Å². The van der Waals surface area contributed by atoms with Crippen LogP contribution in [-0.4, -0.2) is 30.1 Å². The van der Waals surface area contributed by atoms with Gasteiger partial charge in [-0.3, -0.25) is 4.79 Å². The summed E-state index contributed by atoms with van der Waals surface area (Å²) in [6.45, 7) is 9.90. The van der Waals surface area contributed by atoms with Gasteiger partial charge in [-0.1, -0.05) is 12.1 Å². The van der Waals surface area contributed by atoms with Crippen molar-refractivity contribution in [2.45, 2.75) is 64.2 Å². The van der Waals surface area contributed by atoms with Crippen LogP contribution >= 0.6 is 0 Å². The molecule has 0 atom stereocenters. The zero-order chi connectivity index (χ0) is 16.4. The highest BCUT2D eigenvalue weighted by Gasteiger charge is 2.37. The highest BCUT2D eigenvalue weighted by Crippen LogP contribution is 2.28. The van der Waals surface area contributed by atoms with Gasteiger partial charge in [0.2, 0.25) is 0 Å². The maximum Gasteiger partial charge on any atom is 0.251 e. The van der Waals surface area contributed by atoms with Gasteiger partial charge in [-0.2, -0.15) is 0 Å². The minimum atomic E-state index is -0.0404. The summed E-state index contributed by atoms with van der Waals surface area (Å²) in [6, 6.07) is 8.31. The Morgan fingerprint density at radius 1 is 1.14 bits per heavy atom. The largest absolute Gasteiger partial charge is 0.355 e. The van der Waals surface area contributed by atoms with E-state index in [4.69, 9.17) is 0 Å². The summed E-state index contributed by atoms with van der Waals surface area (Å²) in [5.74, 6) is -0.0404. The first-order valence-electron chi connectivity index (χ1n) is 8.04. The second-order valence-electron chi connectivity index (χ2n) is 7.65. The molecule has 1 heterocycles. The summed E-state index contributed by atoms with van der Waals surface area (Å²) in [6.07, 6.45) is 2.24. The van der Waals surface area contributed by atoms with Crippen LogP contribution in [-0.2, 0) is 6.54 Å². The summed E-state index contributed by atoms with van der Waals surface area (Å²) in [5.41, 5.74) is 2.22. The number of benzene rings is 1. The first-order valence-corrected chi connectivity index (χ1v) is 8.04. The predicted octanol–water partition coefficient (Wildman–Crippen LogP) is 2.45. The SMILES string of the molecule is CNC(=O)c1ccc(CNC2CC(C)(C)NC(C)(C)C2)cc1. The molecule has 0 radical (unpaired) electrons. The number of hydrogen-bond donors (Lipinski definition) is 3. The average Bonchev–Trinajstić information content (AvgIpc) is 2.41. The molecule has 1 aromatic rings. The van der Waals surface area contributed by atoms with Gasteiger partial charge in [-0.05, 0) is 58.2 Å². The molecule has 2 rings (SSSR count). The van der Waals surface area contributed by atoms with Crippen molar-refractivity contribution in [2.75, 3.05) is 7.05 Å². The molecule has 0 aromatic heterocycles. The van der Waals surface area contributed by atoms with E-state index < -0.39 is 0 Å². The topological polar surface area (TPSA) is 53.2 Å². The Bertz CT molecular complexity index is 504. The van der Waals surface area contributed by atoms with Gasteiger partial charge in [-0.15, -0.1) is 0 Å². The fraction of sp³-hybridized carbons (Fsp3) is 0.611. The van der Waals surface area contributed by atoms with Crippen LogP contribution in [0.3, 0.4) is 0 Å². The molecule has 1 saturated heterocycles. The van der Waals surface area contributed by atoms with Crippen molar-refractivity contribution in [3.8, 4) is 0 Å². The summed E-state index contributed by atoms with van der Waals surface area (Å²) in [7, 11) is 1.65. The van der Waals surface area contributed by atoms with Crippen LogP contribution in [0.25, 0.3) is 0 Å². The summed E-state index contributed by atoms with van der Waals surface area (Å²) in [4.78, 5) is 11.5. The highest BCUT2D eigenvalue weighted by atomic mass is 16.1. The van der Waals surface area contributed by atoms with Crippen LogP contribution in [0.2, 0.25) is 0 Å². The molecule has 1 aliphatic heterocycles. The summed E-state index contributed by atoms with van der Waals surface area (Å²) in [5, 5.41) is 10.0. The molecule has 1 aliphatic rings. The Labute approximate surface area is 134 Å². The van der Waals surface area contributed by atoms with Gasteiger partial charge in [0.05, 0.1) is 0 Å². The van der Waals surface area contributed by atoms with E-state index >= 15 is 0 Å². The van der Waals surface area contributed by atoms with Crippen LogP contribution < -0.4 is 16.0 Å². The van der Waals surface area contributed by atoms with Crippen LogP contribution in [0.15, 0.2) is 24.3 Å². The molecule has 4 nitrogen and oxygen atoms in total. The van der Waals surface area contributed by atoms with E-state index in [0.29, 0.717) is 11.6 Å². The minimum absolute atomic E-state index is 0.0404. The van der Waals surface area contributed by atoms with E-state index in [1.807, 2.05) is 24.3 Å². The number of amides is 1. The van der Waals surface area contributed by atoms with Crippen LogP contribution in [0.5, 0.6) is 0 Å². The lowest BCUT2D eigenvalue weighted by Gasteiger charge is -2.46. The van der Waals surface area contributed by atoms with Crippen molar-refractivity contribution in [3.05, 3.63) is 35.4 Å². The Hall–Kier alpha value is -1.39. The van der Waals surface area contributed by atoms with Crippen molar-refractivity contribution < 1.29 is 4.79 Å². The number of piperidine rings is 1. The fourth-order valence-corrected chi connectivity index (χ4v) is 3.65. The maximum atomic E-state index is 11.5. The van der Waals surface area contributed by atoms with E-state index in [1.54, 1.807) is 7.05 Å². The molecule has 1 amide bonds. The molecule has 1 aromatic carbocycles. The van der Waals surface area contributed by atoms with Crippen molar-refractivity contribution in [1.29, 1.82) is 0 Å². The quantitative estimate of drug-likeness (QED) is 0.801. The highest BCUT2D eigenvalue weighted by molar-refractivity contribution is 5.93. The molecule has 122 valence electrons. The lowest BCUT2D eigenvalue weighted by atomic mass is 9.79. The van der Waals surface area contributed by atoms with Gasteiger partial charge in [0.25, 0.3) is 5.91 Å². The van der Waals surface area contributed by atoms with Gasteiger partial charge in [0, 0.05) is 36.3 Å². The van der Waals surface area contributed by atoms with Crippen molar-refractivity contribution in [1.82, 2.24) is 16.0 Å². The molecule has 22 heavy (non-hydrogen) atoms. The van der Waals surface area contributed by atoms with Gasteiger partial charge in [0.1, 0.15) is 0 Å². The Morgan fingerprint density at radius 2 is 1.68 bits per heavy atom. The molecule has 0 bridgehead atoms. The number of hydrogen-bond acceptors (Lipinski definition) is 3. The summed E-state index contributed by atoms with van der Waals surface area (Å²) >= 11 is 0. The smallest absolute Gasteiger partial charge is 0.251 e. The van der Waals surface area contributed by atoms with Gasteiger partial charge in [-0.25, -0.2) is 0 Å². The Morgan fingerprint density at radius 3 is 2.18 bits per heavy atom. The normalized spacial score (nSPS) is 20.6. The van der Waals surface area contributed by atoms with Crippen LogP contribution in [0, 0.1) is 0 Å². The molecular weight excluding hydrogens is 274 g/mol. The van der Waals surface area contributed by atoms with Crippen molar-refractivity contribution >= 4 is 5.91 Å². The molecule has 1 fully saturated rings. The monoisotopic (exact) mass is 303 g/mol. The molecule has 3 N–H and O–H groups in total. The first-order chi connectivity index (χ1) is 10.2. The van der Waals surface area contributed by atoms with Gasteiger partial charge < -0.3 is 16.0 Å². The first kappa shape index (κ1) is 17.0. The molecule has 0 spiro atoms. The lowest BCUT2D eigenvalue weighted by Crippen LogP contribution is -2.61. The maximum absolute atomic E-state index is 11.5. The van der Waals surface area contributed by atoms with Crippen molar-refractivity contribution in [2.24, 2.45) is 0 Å². The lowest BCUT2D eigenvalue weighted by molar-refractivity contribution is 0.0963. The van der Waals surface area contributed by atoms with E-state index in [-0.39, 0.29) is 17.0 Å². The van der Waals surface area contributed by atoms with Crippen LogP contribution in [0.4, 0.5) is 0 Å². The van der Waals surface area contributed by atoms with Gasteiger partial charge >= 0.3 is 0 Å². The number of carbonyl (C=O) groups is 1. The Balaban J connectivity index is 1.93. The third kappa shape index (κ3) is 4.55. The zero-order valence-corrected chi connectivity index (χ0v) is 14.4. The number of nitrogens with one attached hydrogen (secondary N) is 3. The Kier molecular flexibility index (Phi) is 4.93. The van der Waals surface area contributed by atoms with Gasteiger partial charge in [0.15, 0.2) is 0 Å². The number of carbonyl (C=O) groups excluding carboxylic acids is 1. The van der Waals surface area contributed by atoms with E-state index in [0.717, 1.165) is 19.4 Å². The van der Waals surface area contributed by atoms with E-state index in [1.165, 1.54) is 5.56 Å². The van der Waals surface area contributed by atoms with Crippen molar-refractivity contribution in [3.63, 3.8) is 0 Å². The second-order valence-corrected chi connectivity index (χ2v) is 7.65. The molecule has 4 heteroatoms. The fourth-order valence-electron chi connectivity index (χ4n) is 3.65. The molecule has 0 aliphatic carbocycles. The third-order valence-electron chi connectivity index (χ3n) is 4.23. The zero-order valence-electron chi connectivity index (χ0n) is 14.4. The van der Waals surface area contributed by atoms with Crippen LogP contribution in [0.1, 0.15) is 56.5 Å². The predicted molar refractivity (Wildman–Crippen MR) is 91.0 cm³/mol. The molecule has 0 unspecified atom stereocenters.